The molecule has 1 aromatic rings. The van der Waals surface area contributed by atoms with Gasteiger partial charge in [0.25, 0.3) is 0 Å². The van der Waals surface area contributed by atoms with E-state index in [1.165, 1.54) is 0 Å². The van der Waals surface area contributed by atoms with Gasteiger partial charge in [-0.3, -0.25) is 0 Å². The first-order valence-corrected chi connectivity index (χ1v) is 7.63. The van der Waals surface area contributed by atoms with Gasteiger partial charge in [0.1, 0.15) is 0 Å². The van der Waals surface area contributed by atoms with Gasteiger partial charge in [0.2, 0.25) is 0 Å². The highest BCUT2D eigenvalue weighted by molar-refractivity contribution is 6.35. The Hall–Kier alpha value is -0.280. The van der Waals surface area contributed by atoms with Gasteiger partial charge in [0, 0.05) is 28.6 Å². The van der Waals surface area contributed by atoms with E-state index >= 15 is 0 Å². The zero-order chi connectivity index (χ0) is 13.7. The Morgan fingerprint density at radius 2 is 2.21 bits per heavy atom. The lowest BCUT2D eigenvalue weighted by Crippen LogP contribution is -2.37. The van der Waals surface area contributed by atoms with Crippen LogP contribution in [0.1, 0.15) is 25.3 Å². The summed E-state index contributed by atoms with van der Waals surface area (Å²) in [6, 6.07) is 5.76. The molecule has 0 bridgehead atoms. The van der Waals surface area contributed by atoms with Gasteiger partial charge in [0.05, 0.1) is 6.61 Å². The first-order chi connectivity index (χ1) is 9.15. The minimum absolute atomic E-state index is 0.173. The van der Waals surface area contributed by atoms with E-state index in [0.717, 1.165) is 56.2 Å². The zero-order valence-electron chi connectivity index (χ0n) is 11.3. The predicted octanol–water partition coefficient (Wildman–Crippen LogP) is 3.94. The van der Waals surface area contributed by atoms with Crippen molar-refractivity contribution < 1.29 is 4.74 Å². The van der Waals surface area contributed by atoms with Gasteiger partial charge in [-0.1, -0.05) is 36.2 Å². The van der Waals surface area contributed by atoms with Crippen LogP contribution in [-0.2, 0) is 11.2 Å². The fourth-order valence-electron chi connectivity index (χ4n) is 2.59. The first kappa shape index (κ1) is 15.1. The molecule has 1 atom stereocenters. The molecule has 0 spiro atoms. The van der Waals surface area contributed by atoms with Crippen LogP contribution in [0.15, 0.2) is 18.2 Å². The first-order valence-electron chi connectivity index (χ1n) is 6.88. The molecule has 1 unspecified atom stereocenters. The van der Waals surface area contributed by atoms with E-state index in [1.54, 1.807) is 0 Å². The van der Waals surface area contributed by atoms with Gasteiger partial charge >= 0.3 is 0 Å². The Kier molecular flexibility index (Phi) is 5.52. The molecule has 0 saturated carbocycles. The molecular formula is C15H21Cl2NO. The Balaban J connectivity index is 2.07. The second kappa shape index (κ2) is 6.94. The molecule has 0 amide bonds. The van der Waals surface area contributed by atoms with Crippen LogP contribution in [0.4, 0.5) is 0 Å². The lowest BCUT2D eigenvalue weighted by molar-refractivity contribution is 0.149. The van der Waals surface area contributed by atoms with Crippen molar-refractivity contribution in [2.45, 2.75) is 26.2 Å². The summed E-state index contributed by atoms with van der Waals surface area (Å²) in [7, 11) is 0. The highest BCUT2D eigenvalue weighted by atomic mass is 35.5. The summed E-state index contributed by atoms with van der Waals surface area (Å²) in [5.41, 5.74) is 1.34. The standard InChI is InChI=1S/C15H21Cl2NO/c1-2-6-18-10-15(5-7-19-11-15)9-12-3-4-13(16)8-14(12)17/h3-4,8,18H,2,5-7,9-11H2,1H3. The number of nitrogens with one attached hydrogen (secondary N) is 1. The van der Waals surface area contributed by atoms with Gasteiger partial charge in [-0.25, -0.2) is 0 Å². The number of hydrogen-bond donors (Lipinski definition) is 1. The summed E-state index contributed by atoms with van der Waals surface area (Å²) >= 11 is 12.2. The van der Waals surface area contributed by atoms with E-state index in [2.05, 4.69) is 12.2 Å². The topological polar surface area (TPSA) is 21.3 Å². The van der Waals surface area contributed by atoms with Crippen LogP contribution in [-0.4, -0.2) is 26.3 Å². The van der Waals surface area contributed by atoms with E-state index in [9.17, 15) is 0 Å². The Bertz CT molecular complexity index is 417. The molecule has 1 aliphatic rings. The Morgan fingerprint density at radius 3 is 2.84 bits per heavy atom. The van der Waals surface area contributed by atoms with Gasteiger partial charge in [-0.05, 0) is 43.5 Å². The molecule has 106 valence electrons. The summed E-state index contributed by atoms with van der Waals surface area (Å²) in [5, 5.41) is 4.97. The molecule has 0 aromatic heterocycles. The molecule has 4 heteroatoms. The van der Waals surface area contributed by atoms with Gasteiger partial charge in [-0.15, -0.1) is 0 Å². The lowest BCUT2D eigenvalue weighted by atomic mass is 9.81. The number of rotatable bonds is 6. The quantitative estimate of drug-likeness (QED) is 0.804. The molecule has 1 N–H and O–H groups in total. The van der Waals surface area contributed by atoms with Crippen LogP contribution in [0, 0.1) is 5.41 Å². The lowest BCUT2D eigenvalue weighted by Gasteiger charge is -2.28. The molecule has 0 radical (unpaired) electrons. The van der Waals surface area contributed by atoms with Crippen LogP contribution >= 0.6 is 23.2 Å². The summed E-state index contributed by atoms with van der Waals surface area (Å²) in [4.78, 5) is 0. The molecule has 1 saturated heterocycles. The maximum Gasteiger partial charge on any atom is 0.0538 e. The molecule has 1 aromatic carbocycles. The van der Waals surface area contributed by atoms with Gasteiger partial charge in [-0.2, -0.15) is 0 Å². The summed E-state index contributed by atoms with van der Waals surface area (Å²) < 4.78 is 5.62. The van der Waals surface area contributed by atoms with Crippen molar-refractivity contribution in [1.82, 2.24) is 5.32 Å². The molecule has 2 rings (SSSR count). The zero-order valence-corrected chi connectivity index (χ0v) is 12.9. The minimum atomic E-state index is 0.173. The summed E-state index contributed by atoms with van der Waals surface area (Å²) in [6.45, 7) is 5.87. The molecule has 1 fully saturated rings. The second-order valence-electron chi connectivity index (χ2n) is 5.39. The molecule has 2 nitrogen and oxygen atoms in total. The molecule has 1 aliphatic heterocycles. The van der Waals surface area contributed by atoms with E-state index < -0.39 is 0 Å². The van der Waals surface area contributed by atoms with E-state index in [1.807, 2.05) is 18.2 Å². The highest BCUT2D eigenvalue weighted by Gasteiger charge is 2.35. The van der Waals surface area contributed by atoms with Gasteiger partial charge < -0.3 is 10.1 Å². The minimum Gasteiger partial charge on any atom is -0.381 e. The van der Waals surface area contributed by atoms with Gasteiger partial charge in [0.15, 0.2) is 0 Å². The Morgan fingerprint density at radius 1 is 1.37 bits per heavy atom. The van der Waals surface area contributed by atoms with Crippen molar-refractivity contribution in [1.29, 1.82) is 0 Å². The third kappa shape index (κ3) is 4.09. The van der Waals surface area contributed by atoms with E-state index in [-0.39, 0.29) is 5.41 Å². The normalized spacial score (nSPS) is 22.9. The average Bonchev–Trinajstić information content (AvgIpc) is 2.82. The largest absolute Gasteiger partial charge is 0.381 e. The number of benzene rings is 1. The SMILES string of the molecule is CCCNCC1(Cc2ccc(Cl)cc2Cl)CCOC1. The summed E-state index contributed by atoms with van der Waals surface area (Å²) in [6.07, 6.45) is 3.18. The third-order valence-electron chi connectivity index (χ3n) is 3.69. The maximum absolute atomic E-state index is 6.29. The van der Waals surface area contributed by atoms with Crippen molar-refractivity contribution in [2.24, 2.45) is 5.41 Å². The van der Waals surface area contributed by atoms with Crippen LogP contribution in [0.5, 0.6) is 0 Å². The molecule has 19 heavy (non-hydrogen) atoms. The average molecular weight is 302 g/mol. The number of ether oxygens (including phenoxy) is 1. The number of halogens is 2. The van der Waals surface area contributed by atoms with E-state index in [4.69, 9.17) is 27.9 Å². The Labute approximate surface area is 125 Å². The maximum atomic E-state index is 6.29. The fourth-order valence-corrected chi connectivity index (χ4v) is 3.07. The number of hydrogen-bond acceptors (Lipinski definition) is 2. The van der Waals surface area contributed by atoms with E-state index in [0.29, 0.717) is 5.02 Å². The smallest absolute Gasteiger partial charge is 0.0538 e. The fraction of sp³-hybridized carbons (Fsp3) is 0.600. The van der Waals surface area contributed by atoms with Crippen molar-refractivity contribution in [2.75, 3.05) is 26.3 Å². The molecule has 0 aliphatic carbocycles. The highest BCUT2D eigenvalue weighted by Crippen LogP contribution is 2.35. The van der Waals surface area contributed by atoms with Crippen molar-refractivity contribution in [3.63, 3.8) is 0 Å². The summed E-state index contributed by atoms with van der Waals surface area (Å²) in [5.74, 6) is 0. The molecular weight excluding hydrogens is 281 g/mol. The van der Waals surface area contributed by atoms with Crippen LogP contribution < -0.4 is 5.32 Å². The van der Waals surface area contributed by atoms with Crippen molar-refractivity contribution in [3.05, 3.63) is 33.8 Å². The van der Waals surface area contributed by atoms with Crippen LogP contribution in [0.3, 0.4) is 0 Å². The molecule has 1 heterocycles. The third-order valence-corrected chi connectivity index (χ3v) is 4.28. The van der Waals surface area contributed by atoms with Crippen molar-refractivity contribution in [3.8, 4) is 0 Å². The monoisotopic (exact) mass is 301 g/mol. The van der Waals surface area contributed by atoms with Crippen molar-refractivity contribution >= 4 is 23.2 Å². The predicted molar refractivity (Wildman–Crippen MR) is 81.2 cm³/mol. The van der Waals surface area contributed by atoms with Crippen LogP contribution in [0.2, 0.25) is 10.0 Å². The van der Waals surface area contributed by atoms with Crippen LogP contribution in [0.25, 0.3) is 0 Å². The second-order valence-corrected chi connectivity index (χ2v) is 6.24.